The molecule has 0 aliphatic heterocycles. The summed E-state index contributed by atoms with van der Waals surface area (Å²) in [5.41, 5.74) is 4.01. The average molecular weight is 268 g/mol. The van der Waals surface area contributed by atoms with Crippen LogP contribution in [-0.4, -0.2) is 11.0 Å². The fourth-order valence-electron chi connectivity index (χ4n) is 1.70. The third-order valence-electron chi connectivity index (χ3n) is 2.51. The van der Waals surface area contributed by atoms with Gasteiger partial charge in [0.1, 0.15) is 0 Å². The molecule has 17 heavy (non-hydrogen) atoms. The second-order valence-electron chi connectivity index (χ2n) is 3.83. The molecule has 0 radical (unpaired) electrons. The highest BCUT2D eigenvalue weighted by Gasteiger charge is 2.10. The molecule has 0 saturated heterocycles. The summed E-state index contributed by atoms with van der Waals surface area (Å²) < 4.78 is 0. The Balaban J connectivity index is 2.00. The summed E-state index contributed by atoms with van der Waals surface area (Å²) in [5, 5.41) is 3.82. The zero-order valence-electron chi connectivity index (χ0n) is 9.27. The van der Waals surface area contributed by atoms with Gasteiger partial charge in [-0.2, -0.15) is 0 Å². The summed E-state index contributed by atoms with van der Waals surface area (Å²) in [7, 11) is 0. The molecule has 90 valence electrons. The number of hydrazine groups is 1. The molecule has 1 aromatic carbocycles. The summed E-state index contributed by atoms with van der Waals surface area (Å²) in [6.07, 6.45) is 3.49. The van der Waals surface area contributed by atoms with E-state index in [9.17, 15) is 0 Å². The first-order chi connectivity index (χ1) is 8.28. The lowest BCUT2D eigenvalue weighted by Crippen LogP contribution is -2.38. The number of halogens is 1. The molecule has 0 fully saturated rings. The Bertz CT molecular complexity index is 459. The minimum atomic E-state index is 0.180. The number of aromatic nitrogens is 1. The van der Waals surface area contributed by atoms with Crippen molar-refractivity contribution in [3.8, 4) is 0 Å². The van der Waals surface area contributed by atoms with E-state index in [1.165, 1.54) is 5.56 Å². The molecule has 0 saturated carbocycles. The normalized spacial score (nSPS) is 12.6. The SMILES string of the molecule is NNC(Cc1cccc(Cl)c1)Cc1nccs1. The van der Waals surface area contributed by atoms with E-state index < -0.39 is 0 Å². The Hall–Kier alpha value is -0.940. The molecule has 2 aromatic rings. The van der Waals surface area contributed by atoms with Gasteiger partial charge in [0.05, 0.1) is 5.01 Å². The van der Waals surface area contributed by atoms with Crippen LogP contribution in [-0.2, 0) is 12.8 Å². The molecule has 3 N–H and O–H groups in total. The highest BCUT2D eigenvalue weighted by Crippen LogP contribution is 2.14. The minimum absolute atomic E-state index is 0.180. The Morgan fingerprint density at radius 2 is 2.29 bits per heavy atom. The number of hydrogen-bond acceptors (Lipinski definition) is 4. The zero-order chi connectivity index (χ0) is 12.1. The van der Waals surface area contributed by atoms with Gasteiger partial charge in [0.15, 0.2) is 0 Å². The van der Waals surface area contributed by atoms with E-state index in [1.807, 2.05) is 29.8 Å². The third-order valence-corrected chi connectivity index (χ3v) is 3.55. The van der Waals surface area contributed by atoms with E-state index in [2.05, 4.69) is 16.5 Å². The van der Waals surface area contributed by atoms with Crippen molar-refractivity contribution in [3.63, 3.8) is 0 Å². The summed E-state index contributed by atoms with van der Waals surface area (Å²) in [5.74, 6) is 5.57. The Morgan fingerprint density at radius 3 is 2.94 bits per heavy atom. The fourth-order valence-corrected chi connectivity index (χ4v) is 2.61. The largest absolute Gasteiger partial charge is 0.271 e. The topological polar surface area (TPSA) is 50.9 Å². The van der Waals surface area contributed by atoms with Gasteiger partial charge in [0.2, 0.25) is 0 Å². The number of benzene rings is 1. The molecular formula is C12H14ClN3S. The van der Waals surface area contributed by atoms with Crippen LogP contribution in [0.1, 0.15) is 10.6 Å². The van der Waals surface area contributed by atoms with E-state index in [-0.39, 0.29) is 6.04 Å². The van der Waals surface area contributed by atoms with Crippen molar-refractivity contribution in [2.75, 3.05) is 0 Å². The van der Waals surface area contributed by atoms with Gasteiger partial charge >= 0.3 is 0 Å². The Kier molecular flexibility index (Phi) is 4.50. The predicted molar refractivity (Wildman–Crippen MR) is 72.1 cm³/mol. The van der Waals surface area contributed by atoms with Crippen LogP contribution < -0.4 is 11.3 Å². The van der Waals surface area contributed by atoms with Gasteiger partial charge in [0.25, 0.3) is 0 Å². The van der Waals surface area contributed by atoms with Crippen molar-refractivity contribution >= 4 is 22.9 Å². The van der Waals surface area contributed by atoms with E-state index >= 15 is 0 Å². The first-order valence-corrected chi connectivity index (χ1v) is 6.62. The molecule has 3 nitrogen and oxygen atoms in total. The maximum absolute atomic E-state index is 5.95. The van der Waals surface area contributed by atoms with Gasteiger partial charge in [-0.3, -0.25) is 11.3 Å². The highest BCUT2D eigenvalue weighted by molar-refractivity contribution is 7.09. The van der Waals surface area contributed by atoms with Crippen LogP contribution in [0.4, 0.5) is 0 Å². The molecular weight excluding hydrogens is 254 g/mol. The number of hydrogen-bond donors (Lipinski definition) is 2. The van der Waals surface area contributed by atoms with Gasteiger partial charge in [-0.15, -0.1) is 11.3 Å². The smallest absolute Gasteiger partial charge is 0.0940 e. The molecule has 0 bridgehead atoms. The first-order valence-electron chi connectivity index (χ1n) is 5.37. The van der Waals surface area contributed by atoms with E-state index in [1.54, 1.807) is 11.3 Å². The number of rotatable bonds is 5. The lowest BCUT2D eigenvalue weighted by atomic mass is 10.0. The molecule has 1 atom stereocenters. The molecule has 1 unspecified atom stereocenters. The minimum Gasteiger partial charge on any atom is -0.271 e. The third kappa shape index (κ3) is 3.78. The second-order valence-corrected chi connectivity index (χ2v) is 5.24. The molecule has 2 rings (SSSR count). The summed E-state index contributed by atoms with van der Waals surface area (Å²) in [6.45, 7) is 0. The van der Waals surface area contributed by atoms with Gasteiger partial charge in [-0.05, 0) is 24.1 Å². The van der Waals surface area contributed by atoms with Gasteiger partial charge < -0.3 is 0 Å². The van der Waals surface area contributed by atoms with Gasteiger partial charge in [-0.1, -0.05) is 23.7 Å². The predicted octanol–water partition coefficient (Wildman–Crippen LogP) is 2.41. The van der Waals surface area contributed by atoms with Crippen molar-refractivity contribution in [2.24, 2.45) is 5.84 Å². The summed E-state index contributed by atoms with van der Waals surface area (Å²) in [6, 6.07) is 8.02. The van der Waals surface area contributed by atoms with Crippen LogP contribution in [0.15, 0.2) is 35.8 Å². The molecule has 0 aliphatic carbocycles. The molecule has 0 amide bonds. The van der Waals surface area contributed by atoms with E-state index in [4.69, 9.17) is 17.4 Å². The van der Waals surface area contributed by atoms with Crippen LogP contribution in [0.3, 0.4) is 0 Å². The quantitative estimate of drug-likeness (QED) is 0.646. The van der Waals surface area contributed by atoms with Crippen molar-refractivity contribution in [1.82, 2.24) is 10.4 Å². The lowest BCUT2D eigenvalue weighted by Gasteiger charge is -2.14. The van der Waals surface area contributed by atoms with E-state index in [0.29, 0.717) is 0 Å². The zero-order valence-corrected chi connectivity index (χ0v) is 10.8. The maximum Gasteiger partial charge on any atom is 0.0940 e. The van der Waals surface area contributed by atoms with Crippen molar-refractivity contribution < 1.29 is 0 Å². The van der Waals surface area contributed by atoms with Crippen LogP contribution in [0.2, 0.25) is 5.02 Å². The standard InChI is InChI=1S/C12H14ClN3S/c13-10-3-1-2-9(6-10)7-11(16-14)8-12-15-4-5-17-12/h1-6,11,16H,7-8,14H2. The van der Waals surface area contributed by atoms with Crippen LogP contribution in [0.25, 0.3) is 0 Å². The van der Waals surface area contributed by atoms with Crippen molar-refractivity contribution in [2.45, 2.75) is 18.9 Å². The Morgan fingerprint density at radius 1 is 1.41 bits per heavy atom. The fraction of sp³-hybridized carbons (Fsp3) is 0.250. The van der Waals surface area contributed by atoms with Gasteiger partial charge in [0, 0.05) is 29.1 Å². The summed E-state index contributed by atoms with van der Waals surface area (Å²) >= 11 is 7.60. The molecule has 1 heterocycles. The molecule has 0 aliphatic rings. The van der Waals surface area contributed by atoms with Gasteiger partial charge in [-0.25, -0.2) is 4.98 Å². The number of nitrogens with two attached hydrogens (primary N) is 1. The highest BCUT2D eigenvalue weighted by atomic mass is 35.5. The van der Waals surface area contributed by atoms with Crippen LogP contribution >= 0.6 is 22.9 Å². The lowest BCUT2D eigenvalue weighted by molar-refractivity contribution is 0.521. The second kappa shape index (κ2) is 6.12. The Labute approximate surface area is 110 Å². The van der Waals surface area contributed by atoms with Crippen LogP contribution in [0, 0.1) is 0 Å². The molecule has 5 heteroatoms. The molecule has 1 aromatic heterocycles. The first kappa shape index (κ1) is 12.5. The summed E-state index contributed by atoms with van der Waals surface area (Å²) in [4.78, 5) is 4.26. The number of nitrogens with zero attached hydrogens (tertiary/aromatic N) is 1. The monoisotopic (exact) mass is 267 g/mol. The average Bonchev–Trinajstić information content (AvgIpc) is 2.81. The number of thiazole rings is 1. The van der Waals surface area contributed by atoms with Crippen molar-refractivity contribution in [3.05, 3.63) is 51.4 Å². The maximum atomic E-state index is 5.95. The van der Waals surface area contributed by atoms with Crippen molar-refractivity contribution in [1.29, 1.82) is 0 Å². The molecule has 0 spiro atoms. The van der Waals surface area contributed by atoms with Crippen LogP contribution in [0.5, 0.6) is 0 Å². The van der Waals surface area contributed by atoms with E-state index in [0.717, 1.165) is 22.9 Å². The number of nitrogens with one attached hydrogen (secondary N) is 1.